The molecule has 0 atom stereocenters. The molecule has 0 saturated carbocycles. The van der Waals surface area contributed by atoms with Crippen molar-refractivity contribution in [2.24, 2.45) is 0 Å². The monoisotopic (exact) mass is 391 g/mol. The molecule has 0 spiro atoms. The van der Waals surface area contributed by atoms with Crippen LogP contribution in [0.5, 0.6) is 0 Å². The Labute approximate surface area is 155 Å². The number of carbonyl (C=O) groups is 1. The Hall–Kier alpha value is -2.65. The van der Waals surface area contributed by atoms with E-state index >= 15 is 0 Å². The molecule has 1 fully saturated rings. The molecule has 9 heteroatoms. The maximum Gasteiger partial charge on any atom is 0.270 e. The molecule has 1 amide bonds. The number of halogens is 1. The predicted molar refractivity (Wildman–Crippen MR) is 96.2 cm³/mol. The van der Waals surface area contributed by atoms with E-state index in [2.05, 4.69) is 4.98 Å². The van der Waals surface area contributed by atoms with Gasteiger partial charge in [-0.1, -0.05) is 0 Å². The smallest absolute Gasteiger partial charge is 0.270 e. The maximum atomic E-state index is 13.1. The first-order chi connectivity index (χ1) is 12.9. The van der Waals surface area contributed by atoms with Gasteiger partial charge in [-0.25, -0.2) is 12.8 Å². The van der Waals surface area contributed by atoms with Crippen LogP contribution in [0.3, 0.4) is 0 Å². The van der Waals surface area contributed by atoms with Gasteiger partial charge in [-0.15, -0.1) is 0 Å². The number of aromatic amines is 1. The first-order valence-electron chi connectivity index (χ1n) is 8.56. The van der Waals surface area contributed by atoms with Gasteiger partial charge in [-0.2, -0.15) is 4.31 Å². The van der Waals surface area contributed by atoms with Crippen LogP contribution in [0.4, 0.5) is 4.39 Å². The number of sulfonamides is 1. The van der Waals surface area contributed by atoms with Crippen molar-refractivity contribution >= 4 is 27.0 Å². The van der Waals surface area contributed by atoms with Crippen LogP contribution >= 0.6 is 0 Å². The Balaban J connectivity index is 1.49. The maximum absolute atomic E-state index is 13.1. The van der Waals surface area contributed by atoms with E-state index in [0.29, 0.717) is 30.8 Å². The summed E-state index contributed by atoms with van der Waals surface area (Å²) in [6, 6.07) is 8.16. The fourth-order valence-corrected chi connectivity index (χ4v) is 4.70. The molecule has 3 aromatic rings. The summed E-state index contributed by atoms with van der Waals surface area (Å²) in [7, 11) is -3.72. The Morgan fingerprint density at radius 2 is 1.85 bits per heavy atom. The third kappa shape index (κ3) is 3.35. The van der Waals surface area contributed by atoms with Crippen LogP contribution in [0.2, 0.25) is 0 Å². The van der Waals surface area contributed by atoms with Gasteiger partial charge in [0, 0.05) is 38.3 Å². The lowest BCUT2D eigenvalue weighted by Crippen LogP contribution is -2.37. The third-order valence-corrected chi connectivity index (χ3v) is 6.58. The zero-order valence-corrected chi connectivity index (χ0v) is 15.2. The predicted octanol–water partition coefficient (Wildman–Crippen LogP) is 2.44. The van der Waals surface area contributed by atoms with Crippen LogP contribution in [0, 0.1) is 5.82 Å². The second kappa shape index (κ2) is 6.82. The first kappa shape index (κ1) is 17.7. The Morgan fingerprint density at radius 3 is 2.59 bits per heavy atom. The summed E-state index contributed by atoms with van der Waals surface area (Å²) < 4.78 is 45.2. The van der Waals surface area contributed by atoms with E-state index in [9.17, 15) is 17.6 Å². The largest absolute Gasteiger partial charge is 0.463 e. The van der Waals surface area contributed by atoms with Crippen LogP contribution in [-0.4, -0.2) is 54.7 Å². The van der Waals surface area contributed by atoms with E-state index < -0.39 is 15.8 Å². The number of amides is 1. The summed E-state index contributed by atoms with van der Waals surface area (Å²) in [6.45, 7) is 1.22. The van der Waals surface area contributed by atoms with E-state index in [1.165, 1.54) is 16.4 Å². The van der Waals surface area contributed by atoms with Crippen molar-refractivity contribution in [2.45, 2.75) is 11.3 Å². The van der Waals surface area contributed by atoms with Crippen molar-refractivity contribution in [2.75, 3.05) is 26.2 Å². The van der Waals surface area contributed by atoms with E-state index in [-0.39, 0.29) is 23.9 Å². The van der Waals surface area contributed by atoms with Crippen molar-refractivity contribution in [1.82, 2.24) is 14.2 Å². The van der Waals surface area contributed by atoms with Gasteiger partial charge in [0.15, 0.2) is 5.58 Å². The lowest BCUT2D eigenvalue weighted by Gasteiger charge is -2.21. The zero-order valence-electron chi connectivity index (χ0n) is 14.4. The number of H-pyrrole nitrogens is 1. The molecule has 142 valence electrons. The van der Waals surface area contributed by atoms with Gasteiger partial charge in [0.2, 0.25) is 10.0 Å². The number of hydrogen-bond acceptors (Lipinski definition) is 4. The second-order valence-electron chi connectivity index (χ2n) is 6.39. The Morgan fingerprint density at radius 1 is 1.07 bits per heavy atom. The van der Waals surface area contributed by atoms with Crippen molar-refractivity contribution in [1.29, 1.82) is 0 Å². The van der Waals surface area contributed by atoms with Gasteiger partial charge >= 0.3 is 0 Å². The number of fused-ring (bicyclic) bond motifs is 1. The summed E-state index contributed by atoms with van der Waals surface area (Å²) >= 11 is 0. The topological polar surface area (TPSA) is 86.6 Å². The second-order valence-corrected chi connectivity index (χ2v) is 8.32. The number of benzene rings is 1. The molecule has 1 aliphatic heterocycles. The normalized spacial score (nSPS) is 16.6. The number of nitrogens with one attached hydrogen (secondary N) is 1. The minimum absolute atomic E-state index is 0.0494. The Bertz CT molecular complexity index is 1040. The number of carbonyl (C=O) groups excluding carboxylic acids is 1. The summed E-state index contributed by atoms with van der Waals surface area (Å²) in [5.41, 5.74) is 1.77. The number of rotatable bonds is 3. The molecule has 0 aliphatic carbocycles. The standard InChI is InChI=1S/C18H18FN3O4S/c19-13-2-4-14(5-3-13)27(24,25)22-8-1-7-21(9-10-22)18(23)16-12-17-15(20-16)6-11-26-17/h2-6,11-12,20H,1,7-10H2. The highest BCUT2D eigenvalue weighted by Crippen LogP contribution is 2.20. The van der Waals surface area contributed by atoms with E-state index in [1.54, 1.807) is 23.3 Å². The van der Waals surface area contributed by atoms with E-state index in [1.807, 2.05) is 0 Å². The molecule has 4 rings (SSSR count). The molecule has 2 aromatic heterocycles. The number of aromatic nitrogens is 1. The van der Waals surface area contributed by atoms with E-state index in [4.69, 9.17) is 4.42 Å². The molecule has 1 aromatic carbocycles. The quantitative estimate of drug-likeness (QED) is 0.743. The third-order valence-electron chi connectivity index (χ3n) is 4.66. The first-order valence-corrected chi connectivity index (χ1v) is 10.0. The van der Waals surface area contributed by atoms with Crippen LogP contribution in [0.1, 0.15) is 16.9 Å². The van der Waals surface area contributed by atoms with Crippen LogP contribution in [0.25, 0.3) is 11.1 Å². The fourth-order valence-electron chi connectivity index (χ4n) is 3.23. The number of nitrogens with zero attached hydrogens (tertiary/aromatic N) is 2. The molecule has 0 bridgehead atoms. The highest BCUT2D eigenvalue weighted by Gasteiger charge is 2.29. The minimum Gasteiger partial charge on any atom is -0.463 e. The molecule has 0 unspecified atom stereocenters. The summed E-state index contributed by atoms with van der Waals surface area (Å²) in [5.74, 6) is -0.680. The molecule has 0 radical (unpaired) electrons. The number of hydrogen-bond donors (Lipinski definition) is 1. The molecule has 1 N–H and O–H groups in total. The highest BCUT2D eigenvalue weighted by molar-refractivity contribution is 7.89. The summed E-state index contributed by atoms with van der Waals surface area (Å²) in [6.07, 6.45) is 2.06. The highest BCUT2D eigenvalue weighted by atomic mass is 32.2. The molecule has 27 heavy (non-hydrogen) atoms. The molecule has 3 heterocycles. The SMILES string of the molecule is O=C(c1cc2occc2[nH]1)N1CCCN(S(=O)(=O)c2ccc(F)cc2)CC1. The average molecular weight is 391 g/mol. The van der Waals surface area contributed by atoms with Crippen LogP contribution in [-0.2, 0) is 10.0 Å². The molecular formula is C18H18FN3O4S. The molecule has 1 aliphatic rings. The van der Waals surface area contributed by atoms with Gasteiger partial charge in [0.25, 0.3) is 5.91 Å². The Kier molecular flexibility index (Phi) is 4.48. The molecular weight excluding hydrogens is 373 g/mol. The van der Waals surface area contributed by atoms with E-state index in [0.717, 1.165) is 17.6 Å². The van der Waals surface area contributed by atoms with Crippen molar-refractivity contribution in [3.63, 3.8) is 0 Å². The number of furan rings is 1. The van der Waals surface area contributed by atoms with Crippen molar-refractivity contribution in [3.8, 4) is 0 Å². The summed E-state index contributed by atoms with van der Waals surface area (Å²) in [4.78, 5) is 17.4. The van der Waals surface area contributed by atoms with Gasteiger partial charge in [-0.05, 0) is 30.7 Å². The van der Waals surface area contributed by atoms with Crippen LogP contribution in [0.15, 0.2) is 52.0 Å². The van der Waals surface area contributed by atoms with Gasteiger partial charge in [0.1, 0.15) is 11.5 Å². The van der Waals surface area contributed by atoms with Gasteiger partial charge in [0.05, 0.1) is 16.7 Å². The molecule has 1 saturated heterocycles. The van der Waals surface area contributed by atoms with Gasteiger partial charge in [-0.3, -0.25) is 4.79 Å². The lowest BCUT2D eigenvalue weighted by atomic mass is 10.3. The average Bonchev–Trinajstić information content (AvgIpc) is 3.15. The van der Waals surface area contributed by atoms with Crippen LogP contribution < -0.4 is 0 Å². The van der Waals surface area contributed by atoms with Gasteiger partial charge < -0.3 is 14.3 Å². The lowest BCUT2D eigenvalue weighted by molar-refractivity contribution is 0.0759. The zero-order chi connectivity index (χ0) is 19.0. The summed E-state index contributed by atoms with van der Waals surface area (Å²) in [5, 5.41) is 0. The minimum atomic E-state index is -3.72. The van der Waals surface area contributed by atoms with Crippen molar-refractivity contribution in [3.05, 3.63) is 54.2 Å². The molecule has 7 nitrogen and oxygen atoms in total. The fraction of sp³-hybridized carbons (Fsp3) is 0.278. The van der Waals surface area contributed by atoms with Crippen molar-refractivity contribution < 1.29 is 22.0 Å².